The Kier molecular flexibility index (Phi) is 9.45. The van der Waals surface area contributed by atoms with Crippen molar-refractivity contribution in [3.05, 3.63) is 53.6 Å². The van der Waals surface area contributed by atoms with Crippen molar-refractivity contribution in [3.63, 3.8) is 0 Å². The van der Waals surface area contributed by atoms with Gasteiger partial charge in [0, 0.05) is 0 Å². The molecule has 1 fully saturated rings. The quantitative estimate of drug-likeness (QED) is 0.218. The van der Waals surface area contributed by atoms with Crippen molar-refractivity contribution in [3.8, 4) is 17.2 Å². The van der Waals surface area contributed by atoms with Crippen molar-refractivity contribution in [1.82, 2.24) is 0 Å². The minimum Gasteiger partial charge on any atom is -0.497 e. The minimum atomic E-state index is -1.68. The largest absolute Gasteiger partial charge is 0.497 e. The minimum absolute atomic E-state index is 0.0496. The molecule has 12 heteroatoms. The number of methoxy groups -OCH3 is 2. The lowest BCUT2D eigenvalue weighted by molar-refractivity contribution is -0.277. The smallest absolute Gasteiger partial charge is 0.338 e. The summed E-state index contributed by atoms with van der Waals surface area (Å²) in [5.41, 5.74) is 0.456. The van der Waals surface area contributed by atoms with E-state index in [1.54, 1.807) is 12.1 Å². The Labute approximate surface area is 206 Å². The van der Waals surface area contributed by atoms with Crippen molar-refractivity contribution in [1.29, 1.82) is 0 Å². The Bertz CT molecular complexity index is 997. The Morgan fingerprint density at radius 1 is 0.944 bits per heavy atom. The summed E-state index contributed by atoms with van der Waals surface area (Å²) in [5, 5.41) is 59.8. The normalized spacial score (nSPS) is 25.5. The van der Waals surface area contributed by atoms with E-state index in [9.17, 15) is 30.3 Å². The number of ether oxygens (including phenoxy) is 5. The third kappa shape index (κ3) is 6.23. The van der Waals surface area contributed by atoms with E-state index in [1.807, 2.05) is 0 Å². The van der Waals surface area contributed by atoms with Gasteiger partial charge in [0.1, 0.15) is 49.0 Å². The maximum atomic E-state index is 12.3. The molecule has 1 aliphatic heterocycles. The highest BCUT2D eigenvalue weighted by atomic mass is 16.7. The molecule has 0 spiro atoms. The van der Waals surface area contributed by atoms with Crippen molar-refractivity contribution < 1.29 is 59.1 Å². The Morgan fingerprint density at radius 2 is 1.64 bits per heavy atom. The van der Waals surface area contributed by atoms with E-state index in [2.05, 4.69) is 0 Å². The molecule has 1 saturated heterocycles. The molecule has 36 heavy (non-hydrogen) atoms. The van der Waals surface area contributed by atoms with Gasteiger partial charge in [-0.05, 0) is 42.0 Å². The van der Waals surface area contributed by atoms with Gasteiger partial charge < -0.3 is 54.3 Å². The zero-order chi connectivity index (χ0) is 26.4. The fraction of sp³-hybridized carbons (Fsp3) is 0.458. The second kappa shape index (κ2) is 12.3. The van der Waals surface area contributed by atoms with Crippen LogP contribution in [0.4, 0.5) is 0 Å². The van der Waals surface area contributed by atoms with E-state index in [0.29, 0.717) is 5.75 Å². The van der Waals surface area contributed by atoms with Gasteiger partial charge in [0.15, 0.2) is 11.5 Å². The highest BCUT2D eigenvalue weighted by molar-refractivity contribution is 5.89. The first-order valence-electron chi connectivity index (χ1n) is 11.0. The lowest BCUT2D eigenvalue weighted by atomic mass is 9.99. The fourth-order valence-electron chi connectivity index (χ4n) is 3.53. The number of aliphatic hydroxyl groups excluding tert-OH is 6. The number of aliphatic hydroxyl groups is 6. The van der Waals surface area contributed by atoms with Gasteiger partial charge >= 0.3 is 5.97 Å². The molecular formula is C24H30O12. The maximum Gasteiger partial charge on any atom is 0.338 e. The average Bonchev–Trinajstić information content (AvgIpc) is 2.91. The molecule has 198 valence electrons. The standard InChI is InChI=1S/C24H30O12/c1-32-14-6-3-12(4-7-14)23(31)34-11-18-20(28)21(29)22(30)24(36-18)35-16-8-5-13(9-17(16)33-2)19(27)15(26)10-25/h3-9,15,18-22,24-30H,10-11H2,1-2H3/t15-,18+,19-,20+,21-,22+,24+/m0/s1. The van der Waals surface area contributed by atoms with Crippen molar-refractivity contribution in [2.75, 3.05) is 27.4 Å². The van der Waals surface area contributed by atoms with Crippen molar-refractivity contribution >= 4 is 5.97 Å². The SMILES string of the molecule is COc1ccc(C(=O)OC[C@H]2O[C@@H](Oc3ccc([C@H](O)[C@@H](O)CO)cc3OC)[C@H](O)[C@@H](O)[C@@H]2O)cc1. The van der Waals surface area contributed by atoms with Crippen LogP contribution in [0.2, 0.25) is 0 Å². The van der Waals surface area contributed by atoms with Gasteiger partial charge in [0.25, 0.3) is 0 Å². The molecule has 0 bridgehead atoms. The first-order chi connectivity index (χ1) is 17.2. The molecule has 1 heterocycles. The van der Waals surface area contributed by atoms with Crippen LogP contribution in [0.25, 0.3) is 0 Å². The van der Waals surface area contributed by atoms with E-state index in [1.165, 1.54) is 44.6 Å². The number of hydrogen-bond donors (Lipinski definition) is 6. The van der Waals surface area contributed by atoms with Crippen LogP contribution in [0.15, 0.2) is 42.5 Å². The van der Waals surface area contributed by atoms with Crippen LogP contribution in [0.5, 0.6) is 17.2 Å². The monoisotopic (exact) mass is 510 g/mol. The lowest BCUT2D eigenvalue weighted by Gasteiger charge is -2.40. The van der Waals surface area contributed by atoms with Crippen molar-refractivity contribution in [2.24, 2.45) is 0 Å². The fourth-order valence-corrected chi connectivity index (χ4v) is 3.53. The summed E-state index contributed by atoms with van der Waals surface area (Å²) in [6.07, 6.45) is -10.5. The molecule has 2 aromatic carbocycles. The number of benzene rings is 2. The summed E-state index contributed by atoms with van der Waals surface area (Å²) in [5.74, 6) is -0.00575. The first kappa shape index (κ1) is 27.6. The first-order valence-corrected chi connectivity index (χ1v) is 11.0. The van der Waals surface area contributed by atoms with Crippen LogP contribution in [-0.2, 0) is 9.47 Å². The second-order valence-electron chi connectivity index (χ2n) is 8.06. The molecule has 12 nitrogen and oxygen atoms in total. The van der Waals surface area contributed by atoms with Crippen LogP contribution in [0, 0.1) is 0 Å². The highest BCUT2D eigenvalue weighted by Crippen LogP contribution is 2.34. The topological polar surface area (TPSA) is 185 Å². The number of esters is 1. The summed E-state index contributed by atoms with van der Waals surface area (Å²) < 4.78 is 26.7. The van der Waals surface area contributed by atoms with Gasteiger partial charge in [-0.2, -0.15) is 0 Å². The third-order valence-electron chi connectivity index (χ3n) is 5.70. The molecule has 0 saturated carbocycles. The number of hydrogen-bond acceptors (Lipinski definition) is 12. The average molecular weight is 510 g/mol. The van der Waals surface area contributed by atoms with Crippen LogP contribution < -0.4 is 14.2 Å². The predicted molar refractivity (Wildman–Crippen MR) is 122 cm³/mol. The van der Waals surface area contributed by atoms with Crippen LogP contribution in [-0.4, -0.2) is 101 Å². The van der Waals surface area contributed by atoms with E-state index in [-0.39, 0.29) is 22.6 Å². The molecule has 2 aromatic rings. The summed E-state index contributed by atoms with van der Waals surface area (Å²) >= 11 is 0. The van der Waals surface area contributed by atoms with Crippen LogP contribution >= 0.6 is 0 Å². The van der Waals surface area contributed by atoms with E-state index >= 15 is 0 Å². The zero-order valence-corrected chi connectivity index (χ0v) is 19.6. The molecular weight excluding hydrogens is 480 g/mol. The Balaban J connectivity index is 1.69. The molecule has 1 aliphatic rings. The van der Waals surface area contributed by atoms with E-state index < -0.39 is 62.1 Å². The highest BCUT2D eigenvalue weighted by Gasteiger charge is 2.45. The zero-order valence-electron chi connectivity index (χ0n) is 19.6. The van der Waals surface area contributed by atoms with Gasteiger partial charge in [0.05, 0.1) is 26.4 Å². The molecule has 7 atom stereocenters. The molecule has 0 aliphatic carbocycles. The van der Waals surface area contributed by atoms with Crippen LogP contribution in [0.3, 0.4) is 0 Å². The van der Waals surface area contributed by atoms with E-state index in [0.717, 1.165) is 0 Å². The summed E-state index contributed by atoms with van der Waals surface area (Å²) in [7, 11) is 2.81. The Morgan fingerprint density at radius 3 is 2.25 bits per heavy atom. The van der Waals surface area contributed by atoms with Crippen LogP contribution in [0.1, 0.15) is 22.0 Å². The molecule has 0 unspecified atom stereocenters. The van der Waals surface area contributed by atoms with Gasteiger partial charge in [0.2, 0.25) is 6.29 Å². The summed E-state index contributed by atoms with van der Waals surface area (Å²) in [6.45, 7) is -1.11. The third-order valence-corrected chi connectivity index (χ3v) is 5.70. The number of carbonyl (C=O) groups excluding carboxylic acids is 1. The van der Waals surface area contributed by atoms with Gasteiger partial charge in [-0.25, -0.2) is 4.79 Å². The predicted octanol–water partition coefficient (Wildman–Crippen LogP) is -0.866. The van der Waals surface area contributed by atoms with Gasteiger partial charge in [-0.3, -0.25) is 0 Å². The molecule has 3 rings (SSSR count). The van der Waals surface area contributed by atoms with Gasteiger partial charge in [-0.1, -0.05) is 6.07 Å². The van der Waals surface area contributed by atoms with E-state index in [4.69, 9.17) is 28.8 Å². The molecule has 0 amide bonds. The maximum absolute atomic E-state index is 12.3. The summed E-state index contributed by atoms with van der Waals surface area (Å²) in [6, 6.07) is 10.3. The molecule has 0 radical (unpaired) electrons. The van der Waals surface area contributed by atoms with Gasteiger partial charge in [-0.15, -0.1) is 0 Å². The second-order valence-corrected chi connectivity index (χ2v) is 8.06. The summed E-state index contributed by atoms with van der Waals surface area (Å²) in [4.78, 5) is 12.3. The molecule has 6 N–H and O–H groups in total. The van der Waals surface area contributed by atoms with Crippen molar-refractivity contribution in [2.45, 2.75) is 42.9 Å². The molecule has 0 aromatic heterocycles. The Hall–Kier alpha value is -2.97. The number of rotatable bonds is 10. The lowest BCUT2D eigenvalue weighted by Crippen LogP contribution is -2.60. The number of carbonyl (C=O) groups is 1.